The van der Waals surface area contributed by atoms with E-state index in [0.717, 1.165) is 63.5 Å². The van der Waals surface area contributed by atoms with Crippen LogP contribution in [0.25, 0.3) is 0 Å². The lowest BCUT2D eigenvalue weighted by Gasteiger charge is -2.15. The number of benzene rings is 1. The van der Waals surface area contributed by atoms with Crippen molar-refractivity contribution in [1.82, 2.24) is 5.32 Å². The van der Waals surface area contributed by atoms with Gasteiger partial charge in [0.15, 0.2) is 11.5 Å². The van der Waals surface area contributed by atoms with E-state index in [0.29, 0.717) is 5.92 Å². The molecular weight excluding hydrogens is 254 g/mol. The second-order valence-corrected chi connectivity index (χ2v) is 5.72. The SMILES string of the molecule is OC1CCCC1CNCc1ccc2c(c1)OCCCO2. The molecular formula is C16H23NO3. The van der Waals surface area contributed by atoms with Gasteiger partial charge in [-0.2, -0.15) is 0 Å². The van der Waals surface area contributed by atoms with Crippen molar-refractivity contribution in [3.63, 3.8) is 0 Å². The Morgan fingerprint density at radius 3 is 2.75 bits per heavy atom. The van der Waals surface area contributed by atoms with Crippen LogP contribution < -0.4 is 14.8 Å². The van der Waals surface area contributed by atoms with E-state index in [2.05, 4.69) is 17.4 Å². The van der Waals surface area contributed by atoms with E-state index in [1.807, 2.05) is 6.07 Å². The molecule has 0 saturated heterocycles. The van der Waals surface area contributed by atoms with Crippen LogP contribution in [0.1, 0.15) is 31.2 Å². The third-order valence-corrected chi connectivity index (χ3v) is 4.17. The Morgan fingerprint density at radius 2 is 1.95 bits per heavy atom. The first-order chi connectivity index (χ1) is 9.83. The monoisotopic (exact) mass is 277 g/mol. The molecule has 4 heteroatoms. The first-order valence-corrected chi connectivity index (χ1v) is 7.60. The molecule has 0 bridgehead atoms. The van der Waals surface area contributed by atoms with E-state index in [9.17, 15) is 5.11 Å². The summed E-state index contributed by atoms with van der Waals surface area (Å²) in [5.74, 6) is 2.11. The molecule has 3 rings (SSSR count). The Kier molecular flexibility index (Phi) is 4.43. The molecule has 0 aromatic heterocycles. The zero-order valence-electron chi connectivity index (χ0n) is 11.8. The Labute approximate surface area is 120 Å². The molecule has 1 aromatic carbocycles. The average Bonchev–Trinajstić information content (AvgIpc) is 2.73. The Bertz CT molecular complexity index is 449. The summed E-state index contributed by atoms with van der Waals surface area (Å²) in [5, 5.41) is 13.2. The van der Waals surface area contributed by atoms with Crippen LogP contribution in [-0.4, -0.2) is 31.0 Å². The van der Waals surface area contributed by atoms with Crippen LogP contribution in [-0.2, 0) is 6.54 Å². The maximum absolute atomic E-state index is 9.80. The van der Waals surface area contributed by atoms with E-state index in [1.165, 1.54) is 5.56 Å². The Balaban J connectivity index is 1.54. The third-order valence-electron chi connectivity index (χ3n) is 4.17. The van der Waals surface area contributed by atoms with E-state index in [4.69, 9.17) is 9.47 Å². The van der Waals surface area contributed by atoms with Gasteiger partial charge < -0.3 is 19.9 Å². The molecule has 110 valence electrons. The first kappa shape index (κ1) is 13.7. The summed E-state index contributed by atoms with van der Waals surface area (Å²) >= 11 is 0. The van der Waals surface area contributed by atoms with Gasteiger partial charge in [0, 0.05) is 19.5 Å². The van der Waals surface area contributed by atoms with E-state index in [-0.39, 0.29) is 6.10 Å². The van der Waals surface area contributed by atoms with Crippen LogP contribution in [0.5, 0.6) is 11.5 Å². The molecule has 4 nitrogen and oxygen atoms in total. The highest BCUT2D eigenvalue weighted by Crippen LogP contribution is 2.30. The maximum atomic E-state index is 9.80. The van der Waals surface area contributed by atoms with Crippen molar-refractivity contribution in [3.8, 4) is 11.5 Å². The first-order valence-electron chi connectivity index (χ1n) is 7.60. The summed E-state index contributed by atoms with van der Waals surface area (Å²) in [5.41, 5.74) is 1.20. The number of ether oxygens (including phenoxy) is 2. The van der Waals surface area contributed by atoms with Gasteiger partial charge in [0.25, 0.3) is 0 Å². The predicted molar refractivity (Wildman–Crippen MR) is 77.1 cm³/mol. The van der Waals surface area contributed by atoms with Crippen LogP contribution >= 0.6 is 0 Å². The lowest BCUT2D eigenvalue weighted by Crippen LogP contribution is -2.27. The fraction of sp³-hybridized carbons (Fsp3) is 0.625. The zero-order chi connectivity index (χ0) is 13.8. The standard InChI is InChI=1S/C16H23NO3/c18-14-4-1-3-13(14)11-17-10-12-5-6-15-16(9-12)20-8-2-7-19-15/h5-6,9,13-14,17-18H,1-4,7-8,10-11H2. The molecule has 1 aliphatic carbocycles. The lowest BCUT2D eigenvalue weighted by atomic mass is 10.1. The second-order valence-electron chi connectivity index (χ2n) is 5.72. The number of nitrogens with one attached hydrogen (secondary N) is 1. The van der Waals surface area contributed by atoms with Crippen molar-refractivity contribution in [2.45, 2.75) is 38.3 Å². The van der Waals surface area contributed by atoms with Gasteiger partial charge >= 0.3 is 0 Å². The topological polar surface area (TPSA) is 50.7 Å². The molecule has 2 aliphatic rings. The highest BCUT2D eigenvalue weighted by Gasteiger charge is 2.24. The minimum Gasteiger partial charge on any atom is -0.490 e. The number of hydrogen-bond donors (Lipinski definition) is 2. The van der Waals surface area contributed by atoms with Crippen molar-refractivity contribution in [3.05, 3.63) is 23.8 Å². The van der Waals surface area contributed by atoms with Gasteiger partial charge in [-0.25, -0.2) is 0 Å². The van der Waals surface area contributed by atoms with Gasteiger partial charge in [-0.15, -0.1) is 0 Å². The fourth-order valence-corrected chi connectivity index (χ4v) is 2.97. The minimum atomic E-state index is -0.119. The third kappa shape index (κ3) is 3.25. The van der Waals surface area contributed by atoms with E-state index >= 15 is 0 Å². The molecule has 0 spiro atoms. The summed E-state index contributed by atoms with van der Waals surface area (Å²) < 4.78 is 11.3. The average molecular weight is 277 g/mol. The lowest BCUT2D eigenvalue weighted by molar-refractivity contribution is 0.131. The summed E-state index contributed by atoms with van der Waals surface area (Å²) in [7, 11) is 0. The molecule has 1 aromatic rings. The minimum absolute atomic E-state index is 0.119. The molecule has 1 saturated carbocycles. The van der Waals surface area contributed by atoms with Crippen LogP contribution in [0.15, 0.2) is 18.2 Å². The molecule has 1 aliphatic heterocycles. The van der Waals surface area contributed by atoms with Gasteiger partial charge in [-0.3, -0.25) is 0 Å². The van der Waals surface area contributed by atoms with Gasteiger partial charge in [0.1, 0.15) is 0 Å². The normalized spacial score (nSPS) is 25.4. The zero-order valence-corrected chi connectivity index (χ0v) is 11.8. The van der Waals surface area contributed by atoms with Crippen molar-refractivity contribution in [2.75, 3.05) is 19.8 Å². The molecule has 1 heterocycles. The smallest absolute Gasteiger partial charge is 0.161 e. The molecule has 2 N–H and O–H groups in total. The highest BCUT2D eigenvalue weighted by atomic mass is 16.5. The Hall–Kier alpha value is -1.26. The molecule has 20 heavy (non-hydrogen) atoms. The molecule has 0 amide bonds. The second kappa shape index (κ2) is 6.46. The molecule has 2 atom stereocenters. The van der Waals surface area contributed by atoms with E-state index in [1.54, 1.807) is 0 Å². The van der Waals surface area contributed by atoms with E-state index < -0.39 is 0 Å². The van der Waals surface area contributed by atoms with Crippen molar-refractivity contribution in [1.29, 1.82) is 0 Å². The number of fused-ring (bicyclic) bond motifs is 1. The van der Waals surface area contributed by atoms with Crippen molar-refractivity contribution < 1.29 is 14.6 Å². The fourth-order valence-electron chi connectivity index (χ4n) is 2.97. The van der Waals surface area contributed by atoms with Crippen LogP contribution in [0, 0.1) is 5.92 Å². The predicted octanol–water partition coefficient (Wildman–Crippen LogP) is 2.10. The summed E-state index contributed by atoms with van der Waals surface area (Å²) in [6, 6.07) is 6.12. The van der Waals surface area contributed by atoms with Crippen LogP contribution in [0.2, 0.25) is 0 Å². The number of aliphatic hydroxyl groups is 1. The summed E-state index contributed by atoms with van der Waals surface area (Å²) in [4.78, 5) is 0. The van der Waals surface area contributed by atoms with Gasteiger partial charge in [-0.05, 0) is 36.5 Å². The number of hydrogen-bond acceptors (Lipinski definition) is 4. The van der Waals surface area contributed by atoms with Crippen molar-refractivity contribution in [2.24, 2.45) is 5.92 Å². The summed E-state index contributed by atoms with van der Waals surface area (Å²) in [6.45, 7) is 3.14. The van der Waals surface area contributed by atoms with Gasteiger partial charge in [0.05, 0.1) is 19.3 Å². The van der Waals surface area contributed by atoms with Gasteiger partial charge in [-0.1, -0.05) is 12.5 Å². The van der Waals surface area contributed by atoms with Crippen LogP contribution in [0.4, 0.5) is 0 Å². The summed E-state index contributed by atoms with van der Waals surface area (Å²) in [6.07, 6.45) is 4.05. The number of rotatable bonds is 4. The number of aliphatic hydroxyl groups excluding tert-OH is 1. The molecule has 0 radical (unpaired) electrons. The van der Waals surface area contributed by atoms with Crippen LogP contribution in [0.3, 0.4) is 0 Å². The van der Waals surface area contributed by atoms with Crippen molar-refractivity contribution >= 4 is 0 Å². The highest BCUT2D eigenvalue weighted by molar-refractivity contribution is 5.43. The maximum Gasteiger partial charge on any atom is 0.161 e. The largest absolute Gasteiger partial charge is 0.490 e. The quantitative estimate of drug-likeness (QED) is 0.885. The molecule has 1 fully saturated rings. The Morgan fingerprint density at radius 1 is 1.10 bits per heavy atom. The molecule has 2 unspecified atom stereocenters. The van der Waals surface area contributed by atoms with Gasteiger partial charge in [0.2, 0.25) is 0 Å².